The summed E-state index contributed by atoms with van der Waals surface area (Å²) in [6.07, 6.45) is 0. The van der Waals surface area contributed by atoms with Crippen molar-refractivity contribution in [3.8, 4) is 11.5 Å². The Bertz CT molecular complexity index is 681. The smallest absolute Gasteiger partial charge is 0.319 e. The van der Waals surface area contributed by atoms with Crippen LogP contribution in [0.3, 0.4) is 0 Å². The van der Waals surface area contributed by atoms with Crippen LogP contribution in [0.2, 0.25) is 0 Å². The van der Waals surface area contributed by atoms with E-state index in [0.29, 0.717) is 24.6 Å². The summed E-state index contributed by atoms with van der Waals surface area (Å²) < 4.78 is 28.4. The van der Waals surface area contributed by atoms with E-state index in [1.54, 1.807) is 32.4 Å². The summed E-state index contributed by atoms with van der Waals surface area (Å²) in [6.45, 7) is 1.09. The molecule has 5 nitrogen and oxygen atoms in total. The lowest BCUT2D eigenvalue weighted by Crippen LogP contribution is -2.29. The zero-order valence-corrected chi connectivity index (χ0v) is 14.6. The molecule has 6 heteroatoms. The van der Waals surface area contributed by atoms with Crippen molar-refractivity contribution < 1.29 is 23.4 Å². The molecule has 0 aliphatic heterocycles. The van der Waals surface area contributed by atoms with Gasteiger partial charge in [-0.1, -0.05) is 12.1 Å². The Morgan fingerprint density at radius 2 is 1.48 bits per heavy atom. The van der Waals surface area contributed by atoms with Gasteiger partial charge >= 0.3 is 5.97 Å². The van der Waals surface area contributed by atoms with E-state index in [4.69, 9.17) is 14.2 Å². The highest BCUT2D eigenvalue weighted by molar-refractivity contribution is 5.71. The highest BCUT2D eigenvalue weighted by atomic mass is 19.1. The van der Waals surface area contributed by atoms with Crippen LogP contribution in [0.25, 0.3) is 0 Å². The van der Waals surface area contributed by atoms with Crippen LogP contribution in [0.1, 0.15) is 11.1 Å². The van der Waals surface area contributed by atoms with Crippen LogP contribution < -0.4 is 9.47 Å². The predicted octanol–water partition coefficient (Wildman–Crippen LogP) is 3.02. The molecule has 0 N–H and O–H groups in total. The van der Waals surface area contributed by atoms with E-state index in [9.17, 15) is 9.18 Å². The third-order valence-electron chi connectivity index (χ3n) is 3.72. The first-order chi connectivity index (χ1) is 12.0. The van der Waals surface area contributed by atoms with Gasteiger partial charge in [0.1, 0.15) is 17.3 Å². The Kier molecular flexibility index (Phi) is 6.77. The lowest BCUT2D eigenvalue weighted by Gasteiger charge is -2.22. The highest BCUT2D eigenvalue weighted by Crippen LogP contribution is 2.24. The molecule has 0 atom stereocenters. The molecule has 0 bridgehead atoms. The van der Waals surface area contributed by atoms with E-state index in [0.717, 1.165) is 11.1 Å². The van der Waals surface area contributed by atoms with E-state index >= 15 is 0 Å². The molecule has 0 saturated heterocycles. The molecule has 25 heavy (non-hydrogen) atoms. The maximum Gasteiger partial charge on any atom is 0.319 e. The summed E-state index contributed by atoms with van der Waals surface area (Å²) in [6, 6.07) is 11.8. The molecule has 0 aromatic heterocycles. The number of halogens is 1. The van der Waals surface area contributed by atoms with Crippen molar-refractivity contribution in [2.75, 3.05) is 27.9 Å². The lowest BCUT2D eigenvalue weighted by atomic mass is 10.1. The fourth-order valence-corrected chi connectivity index (χ4v) is 2.48. The number of carbonyl (C=O) groups is 1. The molecule has 0 aliphatic carbocycles. The summed E-state index contributed by atoms with van der Waals surface area (Å²) in [4.78, 5) is 13.6. The van der Waals surface area contributed by atoms with Crippen LogP contribution in [0.4, 0.5) is 4.39 Å². The van der Waals surface area contributed by atoms with Gasteiger partial charge in [-0.25, -0.2) is 4.39 Å². The average Bonchev–Trinajstić information content (AvgIpc) is 2.63. The Hall–Kier alpha value is -2.60. The number of hydrogen-bond acceptors (Lipinski definition) is 5. The molecule has 2 rings (SSSR count). The van der Waals surface area contributed by atoms with Crippen molar-refractivity contribution in [3.05, 3.63) is 59.4 Å². The van der Waals surface area contributed by atoms with Crippen LogP contribution in [0.5, 0.6) is 11.5 Å². The molecule has 0 amide bonds. The summed E-state index contributed by atoms with van der Waals surface area (Å²) >= 11 is 0. The van der Waals surface area contributed by atoms with E-state index in [1.165, 1.54) is 19.2 Å². The van der Waals surface area contributed by atoms with Crippen molar-refractivity contribution in [2.24, 2.45) is 0 Å². The van der Waals surface area contributed by atoms with E-state index < -0.39 is 0 Å². The summed E-state index contributed by atoms with van der Waals surface area (Å²) in [5, 5.41) is 0. The second-order valence-electron chi connectivity index (χ2n) is 5.57. The van der Waals surface area contributed by atoms with Gasteiger partial charge in [0.2, 0.25) is 0 Å². The Morgan fingerprint density at radius 3 is 2.00 bits per heavy atom. The molecule has 0 radical (unpaired) electrons. The Labute approximate surface area is 146 Å². The summed E-state index contributed by atoms with van der Waals surface area (Å²) in [5.74, 6) is 0.723. The van der Waals surface area contributed by atoms with Crippen LogP contribution in [-0.4, -0.2) is 38.7 Å². The van der Waals surface area contributed by atoms with E-state index in [2.05, 4.69) is 0 Å². The minimum Gasteiger partial charge on any atom is -0.497 e. The minimum atomic E-state index is -0.336. The fourth-order valence-electron chi connectivity index (χ4n) is 2.48. The summed E-state index contributed by atoms with van der Waals surface area (Å²) in [5.41, 5.74) is 1.84. The van der Waals surface area contributed by atoms with Crippen molar-refractivity contribution in [1.29, 1.82) is 0 Å². The third kappa shape index (κ3) is 5.76. The largest absolute Gasteiger partial charge is 0.497 e. The Balaban J connectivity index is 2.20. The zero-order chi connectivity index (χ0) is 18.2. The van der Waals surface area contributed by atoms with Gasteiger partial charge in [-0.3, -0.25) is 9.69 Å². The summed E-state index contributed by atoms with van der Waals surface area (Å²) in [7, 11) is 4.53. The first-order valence-corrected chi connectivity index (χ1v) is 7.79. The van der Waals surface area contributed by atoms with Crippen molar-refractivity contribution in [2.45, 2.75) is 13.1 Å². The zero-order valence-electron chi connectivity index (χ0n) is 14.6. The van der Waals surface area contributed by atoms with Gasteiger partial charge in [0, 0.05) is 19.2 Å². The van der Waals surface area contributed by atoms with Crippen LogP contribution in [-0.2, 0) is 22.6 Å². The van der Waals surface area contributed by atoms with Gasteiger partial charge in [-0.15, -0.1) is 0 Å². The topological polar surface area (TPSA) is 48.0 Å². The van der Waals surface area contributed by atoms with Gasteiger partial charge < -0.3 is 14.2 Å². The van der Waals surface area contributed by atoms with Crippen LogP contribution in [0.15, 0.2) is 42.5 Å². The quantitative estimate of drug-likeness (QED) is 0.687. The maximum absolute atomic E-state index is 13.1. The van der Waals surface area contributed by atoms with E-state index in [-0.39, 0.29) is 18.3 Å². The lowest BCUT2D eigenvalue weighted by molar-refractivity contribution is -0.142. The van der Waals surface area contributed by atoms with Gasteiger partial charge in [-0.05, 0) is 35.4 Å². The third-order valence-corrected chi connectivity index (χ3v) is 3.72. The molecule has 0 fully saturated rings. The fraction of sp³-hybridized carbons (Fsp3) is 0.316. The molecule has 0 saturated carbocycles. The molecule has 2 aromatic rings. The number of hydrogen-bond donors (Lipinski definition) is 0. The monoisotopic (exact) mass is 347 g/mol. The SMILES string of the molecule is COC(=O)CN(Cc1ccc(F)cc1)Cc1cc(OC)cc(OC)c1. The molecular weight excluding hydrogens is 325 g/mol. The number of carbonyl (C=O) groups excluding carboxylic acids is 1. The first kappa shape index (κ1) is 18.7. The van der Waals surface area contributed by atoms with Crippen LogP contribution in [0, 0.1) is 5.82 Å². The van der Waals surface area contributed by atoms with Crippen molar-refractivity contribution >= 4 is 5.97 Å². The minimum absolute atomic E-state index is 0.118. The van der Waals surface area contributed by atoms with Gasteiger partial charge in [0.15, 0.2) is 0 Å². The van der Waals surface area contributed by atoms with Crippen LogP contribution >= 0.6 is 0 Å². The predicted molar refractivity (Wildman–Crippen MR) is 92.1 cm³/mol. The molecule has 134 valence electrons. The van der Waals surface area contributed by atoms with Crippen molar-refractivity contribution in [1.82, 2.24) is 4.90 Å². The first-order valence-electron chi connectivity index (χ1n) is 7.79. The Morgan fingerprint density at radius 1 is 0.920 bits per heavy atom. The van der Waals surface area contributed by atoms with Gasteiger partial charge in [0.25, 0.3) is 0 Å². The number of nitrogens with zero attached hydrogens (tertiary/aromatic N) is 1. The molecular formula is C19H22FNO4. The van der Waals surface area contributed by atoms with Gasteiger partial charge in [-0.2, -0.15) is 0 Å². The van der Waals surface area contributed by atoms with Crippen molar-refractivity contribution in [3.63, 3.8) is 0 Å². The number of rotatable bonds is 8. The normalized spacial score (nSPS) is 10.6. The van der Waals surface area contributed by atoms with Gasteiger partial charge in [0.05, 0.1) is 27.9 Å². The molecule has 0 unspecified atom stereocenters. The number of benzene rings is 2. The second kappa shape index (κ2) is 9.03. The molecule has 0 aliphatic rings. The number of esters is 1. The number of ether oxygens (including phenoxy) is 3. The number of methoxy groups -OCH3 is 3. The average molecular weight is 347 g/mol. The molecule has 0 heterocycles. The second-order valence-corrected chi connectivity index (χ2v) is 5.57. The molecule has 0 spiro atoms. The molecule has 2 aromatic carbocycles. The van der Waals surface area contributed by atoms with E-state index in [1.807, 2.05) is 17.0 Å². The maximum atomic E-state index is 13.1. The highest BCUT2D eigenvalue weighted by Gasteiger charge is 2.14. The standard InChI is InChI=1S/C19H22FNO4/c1-23-17-8-15(9-18(10-17)24-2)12-21(13-19(22)25-3)11-14-4-6-16(20)7-5-14/h4-10H,11-13H2,1-3H3.